The molecule has 0 spiro atoms. The molecule has 0 aliphatic carbocycles. The molecule has 6 aromatic rings. The summed E-state index contributed by atoms with van der Waals surface area (Å²) in [7, 11) is 0. The highest BCUT2D eigenvalue weighted by Gasteiger charge is 2.28. The van der Waals surface area contributed by atoms with Gasteiger partial charge in [-0.3, -0.25) is 0 Å². The van der Waals surface area contributed by atoms with Crippen LogP contribution >= 0.6 is 0 Å². The number of hydrogen-bond acceptors (Lipinski definition) is 0. The lowest BCUT2D eigenvalue weighted by molar-refractivity contribution is 0.568. The molecule has 1 nitrogen and oxygen atoms in total. The summed E-state index contributed by atoms with van der Waals surface area (Å²) in [6.07, 6.45) is 0. The van der Waals surface area contributed by atoms with E-state index in [0.717, 1.165) is 0 Å². The molecule has 0 atom stereocenters. The molecule has 218 valence electrons. The van der Waals surface area contributed by atoms with Crippen LogP contribution in [-0.4, -0.2) is 4.57 Å². The minimum absolute atomic E-state index is 0.0288. The van der Waals surface area contributed by atoms with Gasteiger partial charge in [0.25, 0.3) is 0 Å². The van der Waals surface area contributed by atoms with Crippen LogP contribution in [0.15, 0.2) is 109 Å². The molecule has 0 fully saturated rings. The lowest BCUT2D eigenvalue weighted by atomic mass is 9.78. The number of rotatable bonds is 3. The summed E-state index contributed by atoms with van der Waals surface area (Å²) in [5.74, 6) is 0. The van der Waals surface area contributed by atoms with E-state index >= 15 is 0 Å². The highest BCUT2D eigenvalue weighted by molar-refractivity contribution is 6.18. The Bertz CT molecular complexity index is 1900. The summed E-state index contributed by atoms with van der Waals surface area (Å²) in [5, 5.41) is 2.67. The first-order chi connectivity index (χ1) is 20.2. The van der Waals surface area contributed by atoms with Crippen LogP contribution in [-0.2, 0) is 16.2 Å². The van der Waals surface area contributed by atoms with Gasteiger partial charge in [0.15, 0.2) is 0 Å². The van der Waals surface area contributed by atoms with Gasteiger partial charge in [-0.2, -0.15) is 0 Å². The van der Waals surface area contributed by atoms with Gasteiger partial charge in [0, 0.05) is 16.5 Å². The number of aromatic nitrogens is 1. The highest BCUT2D eigenvalue weighted by atomic mass is 15.0. The van der Waals surface area contributed by atoms with Gasteiger partial charge in [0.05, 0.1) is 11.0 Å². The summed E-state index contributed by atoms with van der Waals surface area (Å²) in [6, 6.07) is 40.6. The average molecular weight is 564 g/mol. The number of fused-ring (bicyclic) bond motifs is 3. The SMILES string of the molecule is CC(C)(C)c1cc(-n2c3cccc(-c4ccccc4)c3c3c(C(C)(C)C)c(-c4ccccc4)ccc32)cc(C(C)(C)C)c1. The van der Waals surface area contributed by atoms with Crippen molar-refractivity contribution >= 4 is 21.8 Å². The standard InChI is InChI=1S/C42H45N/c1-40(2,3)30-25-31(41(4,5)6)27-32(26-30)43-35-22-16-21-33(28-17-12-10-13-18-28)37(35)38-36(43)24-23-34(39(38)42(7,8)9)29-19-14-11-15-20-29/h10-27H,1-9H3. The molecule has 0 unspecified atom stereocenters. The van der Waals surface area contributed by atoms with Gasteiger partial charge in [-0.25, -0.2) is 0 Å². The monoisotopic (exact) mass is 563 g/mol. The molecule has 0 saturated heterocycles. The fourth-order valence-electron chi connectivity index (χ4n) is 6.53. The first-order valence-corrected chi connectivity index (χ1v) is 15.6. The van der Waals surface area contributed by atoms with Crippen molar-refractivity contribution in [3.05, 3.63) is 126 Å². The van der Waals surface area contributed by atoms with Gasteiger partial charge in [-0.15, -0.1) is 0 Å². The van der Waals surface area contributed by atoms with Crippen LogP contribution in [0.1, 0.15) is 79.0 Å². The van der Waals surface area contributed by atoms with Crippen molar-refractivity contribution in [2.75, 3.05) is 0 Å². The topological polar surface area (TPSA) is 4.93 Å². The lowest BCUT2D eigenvalue weighted by Crippen LogP contribution is -2.17. The second-order valence-electron chi connectivity index (χ2n) is 15.2. The zero-order valence-corrected chi connectivity index (χ0v) is 27.3. The smallest absolute Gasteiger partial charge is 0.0547 e. The quantitative estimate of drug-likeness (QED) is 0.202. The first kappa shape index (κ1) is 29.0. The third kappa shape index (κ3) is 5.20. The molecule has 1 aromatic heterocycles. The van der Waals surface area contributed by atoms with Gasteiger partial charge in [0.1, 0.15) is 0 Å². The summed E-state index contributed by atoms with van der Waals surface area (Å²) < 4.78 is 2.53. The number of hydrogen-bond donors (Lipinski definition) is 0. The van der Waals surface area contributed by atoms with E-state index in [1.54, 1.807) is 0 Å². The Morgan fingerprint density at radius 2 is 0.930 bits per heavy atom. The minimum atomic E-state index is -0.0859. The van der Waals surface area contributed by atoms with E-state index in [1.165, 1.54) is 66.4 Å². The Kier molecular flexibility index (Phi) is 6.92. The fourth-order valence-corrected chi connectivity index (χ4v) is 6.53. The number of nitrogens with zero attached hydrogens (tertiary/aromatic N) is 1. The third-order valence-electron chi connectivity index (χ3n) is 8.79. The first-order valence-electron chi connectivity index (χ1n) is 15.6. The molecule has 0 amide bonds. The van der Waals surface area contributed by atoms with Crippen LogP contribution in [0.4, 0.5) is 0 Å². The molecule has 6 rings (SSSR count). The van der Waals surface area contributed by atoms with Crippen molar-refractivity contribution in [3.63, 3.8) is 0 Å². The van der Waals surface area contributed by atoms with E-state index in [-0.39, 0.29) is 16.2 Å². The van der Waals surface area contributed by atoms with Gasteiger partial charge in [-0.1, -0.05) is 147 Å². The largest absolute Gasteiger partial charge is 0.309 e. The lowest BCUT2D eigenvalue weighted by Gasteiger charge is -2.27. The molecule has 0 aliphatic heterocycles. The Morgan fingerprint density at radius 3 is 1.44 bits per heavy atom. The van der Waals surface area contributed by atoms with E-state index < -0.39 is 0 Å². The van der Waals surface area contributed by atoms with Gasteiger partial charge in [0.2, 0.25) is 0 Å². The van der Waals surface area contributed by atoms with Crippen molar-refractivity contribution in [2.24, 2.45) is 0 Å². The molecule has 1 heteroatoms. The summed E-state index contributed by atoms with van der Waals surface area (Å²) in [5.41, 5.74) is 12.9. The van der Waals surface area contributed by atoms with E-state index in [9.17, 15) is 0 Å². The van der Waals surface area contributed by atoms with Crippen molar-refractivity contribution in [3.8, 4) is 27.9 Å². The predicted octanol–water partition coefficient (Wildman–Crippen LogP) is 12.0. The van der Waals surface area contributed by atoms with E-state index in [2.05, 4.69) is 176 Å². The van der Waals surface area contributed by atoms with Crippen molar-refractivity contribution in [1.29, 1.82) is 0 Å². The van der Waals surface area contributed by atoms with Crippen LogP contribution in [0, 0.1) is 0 Å². The summed E-state index contributed by atoms with van der Waals surface area (Å²) in [4.78, 5) is 0. The van der Waals surface area contributed by atoms with Crippen LogP contribution in [0.5, 0.6) is 0 Å². The maximum absolute atomic E-state index is 2.53. The summed E-state index contributed by atoms with van der Waals surface area (Å²) >= 11 is 0. The zero-order valence-electron chi connectivity index (χ0n) is 27.3. The van der Waals surface area contributed by atoms with E-state index in [1.807, 2.05) is 0 Å². The predicted molar refractivity (Wildman–Crippen MR) is 188 cm³/mol. The Balaban J connectivity index is 1.85. The normalized spacial score (nSPS) is 12.8. The van der Waals surface area contributed by atoms with Crippen LogP contribution in [0.25, 0.3) is 49.7 Å². The van der Waals surface area contributed by atoms with Gasteiger partial charge >= 0.3 is 0 Å². The van der Waals surface area contributed by atoms with Crippen molar-refractivity contribution in [1.82, 2.24) is 4.57 Å². The molecular weight excluding hydrogens is 518 g/mol. The molecule has 1 heterocycles. The van der Waals surface area contributed by atoms with Gasteiger partial charge < -0.3 is 4.57 Å². The zero-order chi connectivity index (χ0) is 30.7. The average Bonchev–Trinajstić information content (AvgIpc) is 3.30. The van der Waals surface area contributed by atoms with Crippen molar-refractivity contribution in [2.45, 2.75) is 78.6 Å². The number of benzene rings is 5. The molecule has 0 saturated carbocycles. The maximum atomic E-state index is 2.53. The Labute approximate surface area is 258 Å². The highest BCUT2D eigenvalue weighted by Crippen LogP contribution is 2.47. The molecule has 5 aromatic carbocycles. The van der Waals surface area contributed by atoms with Gasteiger partial charge in [-0.05, 0) is 79.5 Å². The van der Waals surface area contributed by atoms with Crippen LogP contribution in [0.3, 0.4) is 0 Å². The van der Waals surface area contributed by atoms with Crippen LogP contribution in [0.2, 0.25) is 0 Å². The second kappa shape index (κ2) is 10.3. The molecule has 0 N–H and O–H groups in total. The Hall–Kier alpha value is -4.10. The van der Waals surface area contributed by atoms with Crippen LogP contribution < -0.4 is 0 Å². The van der Waals surface area contributed by atoms with E-state index in [0.29, 0.717) is 0 Å². The summed E-state index contributed by atoms with van der Waals surface area (Å²) in [6.45, 7) is 21.0. The fraction of sp³-hybridized carbons (Fsp3) is 0.286. The third-order valence-corrected chi connectivity index (χ3v) is 8.79. The molecule has 0 bridgehead atoms. The second-order valence-corrected chi connectivity index (χ2v) is 15.2. The minimum Gasteiger partial charge on any atom is -0.309 e. The Morgan fingerprint density at radius 1 is 0.419 bits per heavy atom. The maximum Gasteiger partial charge on any atom is 0.0547 e. The molecule has 0 radical (unpaired) electrons. The molecule has 0 aliphatic rings. The van der Waals surface area contributed by atoms with E-state index in [4.69, 9.17) is 0 Å². The molecule has 43 heavy (non-hydrogen) atoms. The van der Waals surface area contributed by atoms with Crippen molar-refractivity contribution < 1.29 is 0 Å². The molecular formula is C42H45N.